The number of nitriles is 5. The number of rotatable bonds is 6. The van der Waals surface area contributed by atoms with Gasteiger partial charge in [0.05, 0.1) is 120 Å². The summed E-state index contributed by atoms with van der Waals surface area (Å²) in [6.45, 7) is 48.9. The first-order valence-corrected chi connectivity index (χ1v) is 22.4. The van der Waals surface area contributed by atoms with E-state index >= 15 is 0 Å². The van der Waals surface area contributed by atoms with Crippen molar-refractivity contribution in [3.8, 4) is 97.9 Å². The van der Waals surface area contributed by atoms with Gasteiger partial charge in [0.1, 0.15) is 45.2 Å². The van der Waals surface area contributed by atoms with Crippen LogP contribution in [0.25, 0.3) is 130 Å². The van der Waals surface area contributed by atoms with E-state index in [0.29, 0.717) is 44.5 Å². The van der Waals surface area contributed by atoms with Crippen molar-refractivity contribution in [3.05, 3.63) is 211 Å². The lowest BCUT2D eigenvalue weighted by Crippen LogP contribution is -2.05. The van der Waals surface area contributed by atoms with E-state index in [2.05, 4.69) is 47.3 Å². The van der Waals surface area contributed by atoms with Crippen molar-refractivity contribution in [1.82, 2.24) is 29.9 Å². The third kappa shape index (κ3) is 8.27. The summed E-state index contributed by atoms with van der Waals surface area (Å²) < 4.78 is 0. The summed E-state index contributed by atoms with van der Waals surface area (Å²) in [7, 11) is 0. The molecule has 0 spiro atoms. The Balaban J connectivity index is 0.00000740. The first-order chi connectivity index (χ1) is 37.5. The number of aromatic nitrogens is 6. The molecule has 0 aliphatic carbocycles. The molecule has 0 saturated carbocycles. The van der Waals surface area contributed by atoms with Crippen molar-refractivity contribution >= 4 is 67.2 Å². The summed E-state index contributed by atoms with van der Waals surface area (Å²) in [5.41, 5.74) is 5.17. The minimum Gasteiger partial charge on any atom is -0.250 e. The molecule has 354 valence electrons. The second-order valence-electron chi connectivity index (χ2n) is 16.7. The molecule has 0 atom stereocenters. The van der Waals surface area contributed by atoms with Gasteiger partial charge in [-0.1, -0.05) is 86.3 Å². The summed E-state index contributed by atoms with van der Waals surface area (Å²) in [5.74, 6) is 0. The van der Waals surface area contributed by atoms with Crippen molar-refractivity contribution in [3.63, 3.8) is 0 Å². The van der Waals surface area contributed by atoms with Crippen LogP contribution in [0, 0.1) is 103 Å². The molecular formula is C61H25N17. The SMILES string of the molecule is C.[C-]#[N+]c1ccc(-c2nc3c4nc(-c5ccc(C#N)c([N+]#[C-])c5)c(-c5ccc(C)c(C#N)c5)nc4c4nc(-c5ccc(C#N)c(C#N)c5)c(-c5ccc([N+]#[C-])c([N+]#[C-])c5)nc4c3nc2-c2ccc([N+]#[C-])c([N+]#[C-])c2)cc1C#N. The monoisotopic (exact) mass is 995 g/mol. The number of aryl methyl sites for hydroxylation is 1. The molecule has 0 unspecified atom stereocenters. The van der Waals surface area contributed by atoms with E-state index in [1.807, 2.05) is 12.1 Å². The van der Waals surface area contributed by atoms with Gasteiger partial charge >= 0.3 is 0 Å². The quantitative estimate of drug-likeness (QED) is 0.112. The zero-order chi connectivity index (χ0) is 54.1. The van der Waals surface area contributed by atoms with E-state index in [1.54, 1.807) is 55.5 Å². The van der Waals surface area contributed by atoms with E-state index in [0.717, 1.165) is 0 Å². The summed E-state index contributed by atoms with van der Waals surface area (Å²) in [6.07, 6.45) is 0. The highest BCUT2D eigenvalue weighted by Crippen LogP contribution is 2.45. The topological polar surface area (TPSA) is 222 Å². The van der Waals surface area contributed by atoms with E-state index in [1.165, 1.54) is 60.7 Å². The zero-order valence-corrected chi connectivity index (χ0v) is 39.5. The summed E-state index contributed by atoms with van der Waals surface area (Å²) in [5, 5.41) is 50.6. The van der Waals surface area contributed by atoms with Crippen molar-refractivity contribution < 1.29 is 0 Å². The van der Waals surface area contributed by atoms with Crippen molar-refractivity contribution in [2.24, 2.45) is 0 Å². The lowest BCUT2D eigenvalue weighted by atomic mass is 9.97. The number of hydrogen-bond donors (Lipinski definition) is 0. The molecule has 10 rings (SSSR count). The van der Waals surface area contributed by atoms with Crippen LogP contribution in [0.1, 0.15) is 40.8 Å². The van der Waals surface area contributed by atoms with Crippen LogP contribution in [-0.2, 0) is 0 Å². The van der Waals surface area contributed by atoms with Gasteiger partial charge in [-0.15, -0.1) is 0 Å². The molecule has 10 aromatic rings. The van der Waals surface area contributed by atoms with Crippen LogP contribution in [0.2, 0.25) is 0 Å². The van der Waals surface area contributed by atoms with Gasteiger partial charge in [0.15, 0.2) is 22.7 Å². The number of fused-ring (bicyclic) bond motifs is 6. The largest absolute Gasteiger partial charge is 0.250 e. The Morgan fingerprint density at radius 1 is 0.295 bits per heavy atom. The Morgan fingerprint density at radius 3 is 0.936 bits per heavy atom. The van der Waals surface area contributed by atoms with Crippen LogP contribution < -0.4 is 0 Å². The van der Waals surface area contributed by atoms with Gasteiger partial charge in [0.25, 0.3) is 0 Å². The van der Waals surface area contributed by atoms with Gasteiger partial charge in [-0.2, -0.15) is 26.3 Å². The maximum Gasteiger partial charge on any atom is 0.205 e. The fourth-order valence-corrected chi connectivity index (χ4v) is 8.72. The molecule has 0 amide bonds. The van der Waals surface area contributed by atoms with Crippen molar-refractivity contribution in [1.29, 1.82) is 26.3 Å². The molecule has 0 aliphatic rings. The predicted octanol–water partition coefficient (Wildman–Crippen LogP) is 15.1. The Morgan fingerprint density at radius 2 is 0.577 bits per heavy atom. The molecule has 17 nitrogen and oxygen atoms in total. The number of benzene rings is 7. The molecular weight excluding hydrogens is 971 g/mol. The van der Waals surface area contributed by atoms with Gasteiger partial charge < -0.3 is 0 Å². The summed E-state index contributed by atoms with van der Waals surface area (Å²) in [4.78, 5) is 53.3. The smallest absolute Gasteiger partial charge is 0.205 e. The molecule has 3 aromatic heterocycles. The van der Waals surface area contributed by atoms with Gasteiger partial charge in [-0.25, -0.2) is 39.6 Å². The lowest BCUT2D eigenvalue weighted by Gasteiger charge is -2.18. The predicted molar refractivity (Wildman–Crippen MR) is 291 cm³/mol. The molecule has 0 N–H and O–H groups in total. The lowest BCUT2D eigenvalue weighted by molar-refractivity contribution is 1.24. The van der Waals surface area contributed by atoms with Gasteiger partial charge in [0, 0.05) is 16.7 Å². The highest BCUT2D eigenvalue weighted by atomic mass is 14.9. The maximum absolute atomic E-state index is 10.3. The minimum atomic E-state index is 0. The Hall–Kier alpha value is -13.1. The first kappa shape index (κ1) is 49.9. The van der Waals surface area contributed by atoms with Gasteiger partial charge in [-0.3, -0.25) is 19.4 Å². The number of nitrogens with zero attached hydrogens (tertiary/aromatic N) is 17. The van der Waals surface area contributed by atoms with Crippen LogP contribution in [0.15, 0.2) is 109 Å². The maximum atomic E-state index is 10.3. The zero-order valence-electron chi connectivity index (χ0n) is 39.5. The molecule has 0 saturated heterocycles. The second kappa shape index (κ2) is 20.2. The van der Waals surface area contributed by atoms with E-state index in [-0.39, 0.29) is 131 Å². The third-order valence-electron chi connectivity index (χ3n) is 12.5. The fraction of sp³-hybridized carbons (Fsp3) is 0.0328. The fourth-order valence-electron chi connectivity index (χ4n) is 8.72. The molecule has 78 heavy (non-hydrogen) atoms. The summed E-state index contributed by atoms with van der Waals surface area (Å²) >= 11 is 0. The standard InChI is InChI=1S/C60H21N17.CH4/c1-31-8-9-32(20-40(31)28-63)49-52(35-11-13-39(27-62)46(23-35)69-5)75-58-55(72-49)56-59(76-53(36-15-18-44(67-3)47(24-36)70-6)50(73-56)33-10-12-38(26-61)41(21-33)29-64)60-57(58)74-51(34-14-17-43(66-2)42(22-34)30-65)54(77-60)37-16-19-45(68-4)48(25-37)71-7;/h8-25H,1H3;1H4. The molecule has 3 heterocycles. The van der Waals surface area contributed by atoms with Gasteiger partial charge in [0.2, 0.25) is 11.4 Å². The van der Waals surface area contributed by atoms with E-state index in [4.69, 9.17) is 69.3 Å². The molecule has 0 aliphatic heterocycles. The molecule has 0 bridgehead atoms. The number of hydrogen-bond acceptors (Lipinski definition) is 11. The Bertz CT molecular complexity index is 4750. The Labute approximate surface area is 444 Å². The minimum absolute atomic E-state index is 0. The average molecular weight is 996 g/mol. The Kier molecular flexibility index (Phi) is 12.9. The van der Waals surface area contributed by atoms with Crippen molar-refractivity contribution in [2.75, 3.05) is 0 Å². The van der Waals surface area contributed by atoms with Crippen LogP contribution in [0.4, 0.5) is 34.1 Å². The third-order valence-corrected chi connectivity index (χ3v) is 12.5. The first-order valence-electron chi connectivity index (χ1n) is 22.4. The van der Waals surface area contributed by atoms with Crippen LogP contribution in [0.3, 0.4) is 0 Å². The van der Waals surface area contributed by atoms with Gasteiger partial charge in [-0.05, 0) is 59.5 Å². The normalized spacial score (nSPS) is 10.1. The van der Waals surface area contributed by atoms with E-state index in [9.17, 15) is 26.3 Å². The second-order valence-corrected chi connectivity index (χ2v) is 16.7. The molecule has 7 aromatic carbocycles. The highest BCUT2D eigenvalue weighted by molar-refractivity contribution is 6.20. The molecule has 17 heteroatoms. The molecule has 0 fully saturated rings. The van der Waals surface area contributed by atoms with Crippen LogP contribution >= 0.6 is 0 Å². The van der Waals surface area contributed by atoms with Crippen LogP contribution in [0.5, 0.6) is 0 Å². The van der Waals surface area contributed by atoms with Crippen LogP contribution in [-0.4, -0.2) is 29.9 Å². The highest BCUT2D eigenvalue weighted by Gasteiger charge is 2.27. The molecule has 0 radical (unpaired) electrons. The van der Waals surface area contributed by atoms with E-state index < -0.39 is 0 Å². The van der Waals surface area contributed by atoms with Crippen molar-refractivity contribution in [2.45, 2.75) is 14.4 Å². The average Bonchev–Trinajstić information content (AvgIpc) is 3.68. The summed E-state index contributed by atoms with van der Waals surface area (Å²) in [6, 6.07) is 38.5.